The second-order valence-electron chi connectivity index (χ2n) is 9.22. The number of nitrogens with one attached hydrogen (secondary N) is 1. The van der Waals surface area contributed by atoms with Crippen LogP contribution in [0.25, 0.3) is 10.8 Å². The topological polar surface area (TPSA) is 63.6 Å². The van der Waals surface area contributed by atoms with Crippen molar-refractivity contribution in [2.45, 2.75) is 38.6 Å². The number of morpholine rings is 1. The Morgan fingerprint density at radius 3 is 2.70 bits per heavy atom. The van der Waals surface area contributed by atoms with Gasteiger partial charge in [-0.3, -0.25) is 14.5 Å². The summed E-state index contributed by atoms with van der Waals surface area (Å²) < 4.78 is 7.17. The molecular formula is C24H31N3O3. The Kier molecular flexibility index (Phi) is 5.61. The van der Waals surface area contributed by atoms with E-state index in [4.69, 9.17) is 4.74 Å². The molecule has 1 saturated heterocycles. The zero-order chi connectivity index (χ0) is 20.5. The first-order valence-electron chi connectivity index (χ1n) is 11.4. The second-order valence-corrected chi connectivity index (χ2v) is 9.22. The summed E-state index contributed by atoms with van der Waals surface area (Å²) in [6, 6.07) is 7.58. The molecule has 2 aliphatic carbocycles. The molecule has 1 aromatic heterocycles. The van der Waals surface area contributed by atoms with E-state index in [1.165, 1.54) is 25.7 Å². The van der Waals surface area contributed by atoms with Crippen molar-refractivity contribution in [2.24, 2.45) is 17.8 Å². The van der Waals surface area contributed by atoms with Gasteiger partial charge in [-0.05, 0) is 55.2 Å². The number of rotatable bonds is 6. The first-order chi connectivity index (χ1) is 14.7. The summed E-state index contributed by atoms with van der Waals surface area (Å²) in [4.78, 5) is 28.0. The molecule has 2 heterocycles. The third-order valence-corrected chi connectivity index (χ3v) is 7.39. The quantitative estimate of drug-likeness (QED) is 0.796. The molecular weight excluding hydrogens is 378 g/mol. The highest BCUT2D eigenvalue weighted by Gasteiger charge is 2.40. The molecule has 1 aromatic carbocycles. The summed E-state index contributed by atoms with van der Waals surface area (Å²) in [6.07, 6.45) is 7.63. The van der Waals surface area contributed by atoms with Crippen molar-refractivity contribution in [3.05, 3.63) is 40.8 Å². The van der Waals surface area contributed by atoms with E-state index in [2.05, 4.69) is 10.2 Å². The highest BCUT2D eigenvalue weighted by Crippen LogP contribution is 2.49. The van der Waals surface area contributed by atoms with Crippen LogP contribution >= 0.6 is 0 Å². The van der Waals surface area contributed by atoms with Crippen LogP contribution in [0.15, 0.2) is 35.3 Å². The van der Waals surface area contributed by atoms with Gasteiger partial charge >= 0.3 is 0 Å². The average molecular weight is 410 g/mol. The van der Waals surface area contributed by atoms with Gasteiger partial charge in [-0.15, -0.1) is 0 Å². The molecule has 2 saturated carbocycles. The Hall–Kier alpha value is -2.18. The fourth-order valence-corrected chi connectivity index (χ4v) is 5.74. The lowest BCUT2D eigenvalue weighted by molar-refractivity contribution is -0.117. The maximum atomic E-state index is 13.0. The van der Waals surface area contributed by atoms with Crippen molar-refractivity contribution in [3.63, 3.8) is 0 Å². The predicted molar refractivity (Wildman–Crippen MR) is 118 cm³/mol. The molecule has 3 atom stereocenters. The van der Waals surface area contributed by atoms with Gasteiger partial charge in [0.05, 0.1) is 13.2 Å². The molecule has 1 N–H and O–H groups in total. The van der Waals surface area contributed by atoms with Gasteiger partial charge in [0.1, 0.15) is 0 Å². The summed E-state index contributed by atoms with van der Waals surface area (Å²) >= 11 is 0. The van der Waals surface area contributed by atoms with Crippen molar-refractivity contribution < 1.29 is 9.53 Å². The smallest absolute Gasteiger partial charge is 0.258 e. The largest absolute Gasteiger partial charge is 0.379 e. The van der Waals surface area contributed by atoms with E-state index < -0.39 is 0 Å². The van der Waals surface area contributed by atoms with Crippen LogP contribution in [0.5, 0.6) is 0 Å². The SMILES string of the molecule is O=C(CC1CC2CC[C@H]1C2)Nc1cccc2c(=O)n(CCN3CCOCC3)ccc12. The van der Waals surface area contributed by atoms with Gasteiger partial charge in [-0.25, -0.2) is 0 Å². The number of ether oxygens (including phenoxy) is 1. The predicted octanol–water partition coefficient (Wildman–Crippen LogP) is 3.10. The number of nitrogens with zero attached hydrogens (tertiary/aromatic N) is 2. The minimum Gasteiger partial charge on any atom is -0.379 e. The third-order valence-electron chi connectivity index (χ3n) is 7.39. The number of carbonyl (C=O) groups excluding carboxylic acids is 1. The Labute approximate surface area is 177 Å². The zero-order valence-electron chi connectivity index (χ0n) is 17.5. The van der Waals surface area contributed by atoms with Crippen molar-refractivity contribution in [1.29, 1.82) is 0 Å². The molecule has 3 fully saturated rings. The summed E-state index contributed by atoms with van der Waals surface area (Å²) in [6.45, 7) is 4.86. The highest BCUT2D eigenvalue weighted by molar-refractivity contribution is 6.01. The van der Waals surface area contributed by atoms with Crippen LogP contribution in [0.3, 0.4) is 0 Å². The fourth-order valence-electron chi connectivity index (χ4n) is 5.74. The number of amides is 1. The fraction of sp³-hybridized carbons (Fsp3) is 0.583. The van der Waals surface area contributed by atoms with Crippen LogP contribution in [-0.2, 0) is 16.1 Å². The van der Waals surface area contributed by atoms with Crippen LogP contribution in [0, 0.1) is 17.8 Å². The molecule has 0 spiro atoms. The van der Waals surface area contributed by atoms with E-state index in [1.54, 1.807) is 4.57 Å². The third kappa shape index (κ3) is 4.03. The van der Waals surface area contributed by atoms with Crippen molar-refractivity contribution in [3.8, 4) is 0 Å². The van der Waals surface area contributed by atoms with Gasteiger partial charge in [0.2, 0.25) is 5.91 Å². The number of pyridine rings is 1. The number of hydrogen-bond acceptors (Lipinski definition) is 4. The maximum absolute atomic E-state index is 13.0. The minimum atomic E-state index is 0.00459. The van der Waals surface area contributed by atoms with E-state index in [0.29, 0.717) is 24.3 Å². The average Bonchev–Trinajstić information content (AvgIpc) is 3.38. The van der Waals surface area contributed by atoms with E-state index in [1.807, 2.05) is 30.5 Å². The molecule has 0 radical (unpaired) electrons. The van der Waals surface area contributed by atoms with Gasteiger partial charge in [0.15, 0.2) is 0 Å². The lowest BCUT2D eigenvalue weighted by Crippen LogP contribution is -2.39. The van der Waals surface area contributed by atoms with Crippen molar-refractivity contribution in [1.82, 2.24) is 9.47 Å². The lowest BCUT2D eigenvalue weighted by Gasteiger charge is -2.26. The number of anilines is 1. The summed E-state index contributed by atoms with van der Waals surface area (Å²) in [5.41, 5.74) is 0.753. The van der Waals surface area contributed by atoms with Gasteiger partial charge in [-0.1, -0.05) is 12.5 Å². The summed E-state index contributed by atoms with van der Waals surface area (Å²) in [5, 5.41) is 4.58. The van der Waals surface area contributed by atoms with Crippen molar-refractivity contribution in [2.75, 3.05) is 38.2 Å². The second kappa shape index (κ2) is 8.52. The normalized spacial score (nSPS) is 26.3. The van der Waals surface area contributed by atoms with E-state index in [0.717, 1.165) is 55.8 Å². The lowest BCUT2D eigenvalue weighted by atomic mass is 9.86. The van der Waals surface area contributed by atoms with Crippen LogP contribution < -0.4 is 10.9 Å². The van der Waals surface area contributed by atoms with E-state index >= 15 is 0 Å². The Morgan fingerprint density at radius 1 is 1.07 bits per heavy atom. The van der Waals surface area contributed by atoms with Gasteiger partial charge in [0.25, 0.3) is 5.56 Å². The van der Waals surface area contributed by atoms with Crippen LogP contribution in [-0.4, -0.2) is 48.2 Å². The molecule has 160 valence electrons. The number of fused-ring (bicyclic) bond motifs is 3. The summed E-state index contributed by atoms with van der Waals surface area (Å²) in [7, 11) is 0. The first kappa shape index (κ1) is 19.8. The number of carbonyl (C=O) groups is 1. The molecule has 6 heteroatoms. The van der Waals surface area contributed by atoms with Gasteiger partial charge < -0.3 is 14.6 Å². The Morgan fingerprint density at radius 2 is 1.93 bits per heavy atom. The molecule has 1 amide bonds. The first-order valence-corrected chi connectivity index (χ1v) is 11.4. The molecule has 2 aromatic rings. The Balaban J connectivity index is 1.28. The monoisotopic (exact) mass is 409 g/mol. The van der Waals surface area contributed by atoms with Crippen LogP contribution in [0.4, 0.5) is 5.69 Å². The highest BCUT2D eigenvalue weighted by atomic mass is 16.5. The Bertz CT molecular complexity index is 979. The minimum absolute atomic E-state index is 0.00459. The van der Waals surface area contributed by atoms with Crippen LogP contribution in [0.1, 0.15) is 32.1 Å². The molecule has 2 bridgehead atoms. The molecule has 3 aliphatic rings. The van der Waals surface area contributed by atoms with Gasteiger partial charge in [0, 0.05) is 55.3 Å². The maximum Gasteiger partial charge on any atom is 0.258 e. The molecule has 2 unspecified atom stereocenters. The van der Waals surface area contributed by atoms with Crippen molar-refractivity contribution >= 4 is 22.4 Å². The van der Waals surface area contributed by atoms with E-state index in [-0.39, 0.29) is 11.5 Å². The summed E-state index contributed by atoms with van der Waals surface area (Å²) in [5.74, 6) is 2.21. The van der Waals surface area contributed by atoms with Gasteiger partial charge in [-0.2, -0.15) is 0 Å². The van der Waals surface area contributed by atoms with E-state index in [9.17, 15) is 9.59 Å². The standard InChI is InChI=1S/C24H31N3O3/c28-23(16-19-15-17-4-5-18(19)14-17)25-22-3-1-2-21-20(22)6-7-27(24(21)29)9-8-26-10-12-30-13-11-26/h1-3,6-7,17-19H,4-5,8-16H2,(H,25,28)/t17?,18-,19?/m0/s1. The molecule has 1 aliphatic heterocycles. The van der Waals surface area contributed by atoms with Crippen LogP contribution in [0.2, 0.25) is 0 Å². The number of benzene rings is 1. The number of aromatic nitrogens is 1. The number of hydrogen-bond donors (Lipinski definition) is 1. The molecule has 5 rings (SSSR count). The zero-order valence-corrected chi connectivity index (χ0v) is 17.5. The molecule has 30 heavy (non-hydrogen) atoms. The molecule has 6 nitrogen and oxygen atoms in total.